The first-order valence-corrected chi connectivity index (χ1v) is 5.58. The van der Waals surface area contributed by atoms with E-state index >= 15 is 0 Å². The van der Waals surface area contributed by atoms with E-state index in [4.69, 9.17) is 14.2 Å². The van der Waals surface area contributed by atoms with Crippen LogP contribution in [-0.2, 0) is 28.6 Å². The van der Waals surface area contributed by atoms with Crippen LogP contribution in [0, 0.1) is 0 Å². The van der Waals surface area contributed by atoms with Gasteiger partial charge in [0.15, 0.2) is 12.2 Å². The summed E-state index contributed by atoms with van der Waals surface area (Å²) in [4.78, 5) is 33.0. The summed E-state index contributed by atoms with van der Waals surface area (Å²) in [6.07, 6.45) is 1.58. The Kier molecular flexibility index (Phi) is 4.88. The summed E-state index contributed by atoms with van der Waals surface area (Å²) >= 11 is 0. The zero-order chi connectivity index (χ0) is 13.7. The Morgan fingerprint density at radius 1 is 0.944 bits per heavy atom. The number of rotatable bonds is 3. The number of esters is 3. The van der Waals surface area contributed by atoms with E-state index in [9.17, 15) is 14.4 Å². The van der Waals surface area contributed by atoms with Gasteiger partial charge in [-0.1, -0.05) is 6.08 Å². The van der Waals surface area contributed by atoms with Crippen LogP contribution in [0.2, 0.25) is 0 Å². The van der Waals surface area contributed by atoms with Crippen LogP contribution in [0.25, 0.3) is 0 Å². The zero-order valence-corrected chi connectivity index (χ0v) is 10.5. The molecule has 0 spiro atoms. The highest BCUT2D eigenvalue weighted by molar-refractivity contribution is 5.68. The molecule has 0 aliphatic heterocycles. The maximum Gasteiger partial charge on any atom is 0.303 e. The average molecular weight is 256 g/mol. The van der Waals surface area contributed by atoms with Crippen LogP contribution in [0.3, 0.4) is 0 Å². The van der Waals surface area contributed by atoms with Crippen LogP contribution >= 0.6 is 0 Å². The van der Waals surface area contributed by atoms with Gasteiger partial charge in [0.05, 0.1) is 0 Å². The maximum atomic E-state index is 11.0. The molecule has 6 heteroatoms. The molecule has 0 radical (unpaired) electrons. The van der Waals surface area contributed by atoms with E-state index in [1.165, 1.54) is 20.8 Å². The molecule has 0 saturated heterocycles. The van der Waals surface area contributed by atoms with Gasteiger partial charge in [-0.3, -0.25) is 14.4 Å². The van der Waals surface area contributed by atoms with Crippen molar-refractivity contribution in [1.82, 2.24) is 0 Å². The molecular formula is C12H16O6. The van der Waals surface area contributed by atoms with Crippen molar-refractivity contribution in [2.75, 3.05) is 0 Å². The smallest absolute Gasteiger partial charge is 0.303 e. The van der Waals surface area contributed by atoms with Crippen molar-refractivity contribution in [3.8, 4) is 0 Å². The van der Waals surface area contributed by atoms with Gasteiger partial charge in [0, 0.05) is 27.2 Å². The van der Waals surface area contributed by atoms with Gasteiger partial charge < -0.3 is 14.2 Å². The van der Waals surface area contributed by atoms with Gasteiger partial charge in [-0.15, -0.1) is 0 Å². The fraction of sp³-hybridized carbons (Fsp3) is 0.583. The highest BCUT2D eigenvalue weighted by atomic mass is 16.6. The molecule has 100 valence electrons. The van der Waals surface area contributed by atoms with E-state index in [0.717, 1.165) is 0 Å². The number of carbonyl (C=O) groups is 3. The summed E-state index contributed by atoms with van der Waals surface area (Å²) in [6.45, 7) is 3.77. The topological polar surface area (TPSA) is 78.9 Å². The summed E-state index contributed by atoms with van der Waals surface area (Å²) in [5.41, 5.74) is 0. The van der Waals surface area contributed by atoms with Crippen LogP contribution in [0.1, 0.15) is 27.2 Å². The first-order chi connectivity index (χ1) is 8.40. The van der Waals surface area contributed by atoms with Crippen molar-refractivity contribution < 1.29 is 28.6 Å². The highest BCUT2D eigenvalue weighted by Gasteiger charge is 2.37. The Labute approximate surface area is 105 Å². The molecule has 0 aromatic heterocycles. The van der Waals surface area contributed by atoms with Crippen molar-refractivity contribution in [2.24, 2.45) is 0 Å². The normalized spacial score (nSPS) is 26.3. The third-order valence-corrected chi connectivity index (χ3v) is 2.31. The number of carbonyl (C=O) groups excluding carboxylic acids is 3. The molecule has 0 fully saturated rings. The van der Waals surface area contributed by atoms with Crippen molar-refractivity contribution in [2.45, 2.75) is 45.5 Å². The third kappa shape index (κ3) is 4.20. The summed E-state index contributed by atoms with van der Waals surface area (Å²) in [5, 5.41) is 0. The first kappa shape index (κ1) is 14.2. The minimum absolute atomic E-state index is 0.412. The molecule has 3 atom stereocenters. The fourth-order valence-corrected chi connectivity index (χ4v) is 1.76. The molecule has 0 bridgehead atoms. The van der Waals surface area contributed by atoms with E-state index < -0.39 is 36.2 Å². The van der Waals surface area contributed by atoms with Gasteiger partial charge >= 0.3 is 17.9 Å². The lowest BCUT2D eigenvalue weighted by molar-refractivity contribution is -0.179. The zero-order valence-electron chi connectivity index (χ0n) is 10.5. The molecule has 1 aliphatic rings. The number of ether oxygens (including phenoxy) is 3. The second kappa shape index (κ2) is 6.18. The maximum absolute atomic E-state index is 11.0. The average Bonchev–Trinajstić information content (AvgIpc) is 2.20. The SMILES string of the molecule is CC(=O)O[C@H]1[C@@H](OC(C)=O)C=CC[C@H]1OC(C)=O. The third-order valence-electron chi connectivity index (χ3n) is 2.31. The molecule has 6 nitrogen and oxygen atoms in total. The van der Waals surface area contributed by atoms with Gasteiger partial charge in [-0.05, 0) is 6.08 Å². The monoisotopic (exact) mass is 256 g/mol. The molecule has 0 aromatic rings. The Morgan fingerprint density at radius 3 is 2.00 bits per heavy atom. The molecule has 0 heterocycles. The van der Waals surface area contributed by atoms with Gasteiger partial charge in [-0.25, -0.2) is 0 Å². The fourth-order valence-electron chi connectivity index (χ4n) is 1.76. The lowest BCUT2D eigenvalue weighted by Gasteiger charge is -2.32. The number of hydrogen-bond acceptors (Lipinski definition) is 6. The molecular weight excluding hydrogens is 240 g/mol. The molecule has 0 amide bonds. The molecule has 0 aromatic carbocycles. The highest BCUT2D eigenvalue weighted by Crippen LogP contribution is 2.22. The summed E-state index contributed by atoms with van der Waals surface area (Å²) in [6, 6.07) is 0. The van der Waals surface area contributed by atoms with E-state index in [2.05, 4.69) is 0 Å². The van der Waals surface area contributed by atoms with Crippen LogP contribution in [0.4, 0.5) is 0 Å². The lowest BCUT2D eigenvalue weighted by Crippen LogP contribution is -2.45. The molecule has 18 heavy (non-hydrogen) atoms. The van der Waals surface area contributed by atoms with Crippen molar-refractivity contribution in [3.63, 3.8) is 0 Å². The second-order valence-corrected chi connectivity index (χ2v) is 3.96. The van der Waals surface area contributed by atoms with Crippen LogP contribution < -0.4 is 0 Å². The van der Waals surface area contributed by atoms with E-state index in [-0.39, 0.29) is 0 Å². The van der Waals surface area contributed by atoms with E-state index in [1.54, 1.807) is 12.2 Å². The molecule has 0 unspecified atom stereocenters. The van der Waals surface area contributed by atoms with Crippen molar-refractivity contribution in [1.29, 1.82) is 0 Å². The van der Waals surface area contributed by atoms with Gasteiger partial charge in [0.25, 0.3) is 0 Å². The van der Waals surface area contributed by atoms with Gasteiger partial charge in [0.1, 0.15) is 6.10 Å². The minimum atomic E-state index is -0.805. The van der Waals surface area contributed by atoms with Crippen molar-refractivity contribution in [3.05, 3.63) is 12.2 Å². The standard InChI is InChI=1S/C12H16O6/c1-7(13)16-10-5-4-6-11(17-8(2)14)12(10)18-9(3)15/h4-5,10-12H,6H2,1-3H3/t10-,11+,12-/m0/s1. The Morgan fingerprint density at radius 2 is 1.50 bits per heavy atom. The van der Waals surface area contributed by atoms with E-state index in [1.807, 2.05) is 0 Å². The Hall–Kier alpha value is -1.85. The van der Waals surface area contributed by atoms with Crippen LogP contribution in [-0.4, -0.2) is 36.2 Å². The summed E-state index contributed by atoms with van der Waals surface area (Å²) < 4.78 is 15.2. The predicted octanol–water partition coefficient (Wildman–Crippen LogP) is 0.741. The van der Waals surface area contributed by atoms with E-state index in [0.29, 0.717) is 6.42 Å². The minimum Gasteiger partial charge on any atom is -0.458 e. The van der Waals surface area contributed by atoms with Gasteiger partial charge in [-0.2, -0.15) is 0 Å². The first-order valence-electron chi connectivity index (χ1n) is 5.58. The quantitative estimate of drug-likeness (QED) is 0.421. The largest absolute Gasteiger partial charge is 0.458 e. The lowest BCUT2D eigenvalue weighted by atomic mass is 9.98. The van der Waals surface area contributed by atoms with Gasteiger partial charge in [0.2, 0.25) is 0 Å². The molecule has 1 rings (SSSR count). The van der Waals surface area contributed by atoms with Crippen molar-refractivity contribution >= 4 is 17.9 Å². The Bertz CT molecular complexity index is 373. The molecule has 0 N–H and O–H groups in total. The second-order valence-electron chi connectivity index (χ2n) is 3.96. The summed E-state index contributed by atoms with van der Waals surface area (Å²) in [5.74, 6) is -1.50. The number of hydrogen-bond donors (Lipinski definition) is 0. The molecule has 0 saturated carbocycles. The Balaban J connectivity index is 2.84. The summed E-state index contributed by atoms with van der Waals surface area (Å²) in [7, 11) is 0. The van der Waals surface area contributed by atoms with Crippen LogP contribution in [0.5, 0.6) is 0 Å². The van der Waals surface area contributed by atoms with Crippen LogP contribution in [0.15, 0.2) is 12.2 Å². The molecule has 1 aliphatic carbocycles. The predicted molar refractivity (Wildman–Crippen MR) is 60.4 cm³/mol.